The highest BCUT2D eigenvalue weighted by Gasteiger charge is 2.26. The van der Waals surface area contributed by atoms with Crippen LogP contribution in [-0.4, -0.2) is 43.0 Å². The molecule has 0 aromatic heterocycles. The molecule has 2 atom stereocenters. The summed E-state index contributed by atoms with van der Waals surface area (Å²) in [5, 5.41) is 6.34. The molecule has 2 N–H and O–H groups in total. The number of halogens is 1. The summed E-state index contributed by atoms with van der Waals surface area (Å²) in [6.07, 6.45) is 2.35. The summed E-state index contributed by atoms with van der Waals surface area (Å²) in [7, 11) is 1.99. The summed E-state index contributed by atoms with van der Waals surface area (Å²) in [6.45, 7) is 4.57. The van der Waals surface area contributed by atoms with Crippen LogP contribution < -0.4 is 10.6 Å². The van der Waals surface area contributed by atoms with Crippen LogP contribution in [0.4, 0.5) is 0 Å². The Bertz CT molecular complexity index is 427. The van der Waals surface area contributed by atoms with E-state index in [9.17, 15) is 4.79 Å². The molecule has 1 aromatic carbocycles. The van der Waals surface area contributed by atoms with E-state index in [2.05, 4.69) is 15.5 Å². The summed E-state index contributed by atoms with van der Waals surface area (Å²) in [6, 6.07) is 10.5. The van der Waals surface area contributed by atoms with Crippen LogP contribution in [0, 0.1) is 0 Å². The van der Waals surface area contributed by atoms with Gasteiger partial charge >= 0.3 is 0 Å². The van der Waals surface area contributed by atoms with Gasteiger partial charge in [0.05, 0.1) is 6.04 Å². The summed E-state index contributed by atoms with van der Waals surface area (Å²) in [5.74, 6) is 0.116. The van der Waals surface area contributed by atoms with E-state index in [-0.39, 0.29) is 24.4 Å². The number of rotatable bonds is 5. The molecular formula is C16H26ClN3O. The Morgan fingerprint density at radius 1 is 1.38 bits per heavy atom. The van der Waals surface area contributed by atoms with Crippen LogP contribution in [0.15, 0.2) is 30.3 Å². The lowest BCUT2D eigenvalue weighted by Crippen LogP contribution is -2.52. The quantitative estimate of drug-likeness (QED) is 0.871. The first-order valence-corrected chi connectivity index (χ1v) is 7.43. The number of nitrogens with zero attached hydrogens (tertiary/aromatic N) is 1. The maximum absolute atomic E-state index is 12.2. The van der Waals surface area contributed by atoms with Gasteiger partial charge in [-0.3, -0.25) is 9.69 Å². The van der Waals surface area contributed by atoms with E-state index in [0.29, 0.717) is 12.6 Å². The smallest absolute Gasteiger partial charge is 0.237 e. The van der Waals surface area contributed by atoms with Crippen molar-refractivity contribution in [3.05, 3.63) is 35.9 Å². The average molecular weight is 312 g/mol. The Balaban J connectivity index is 0.00000220. The third-order valence-electron chi connectivity index (χ3n) is 4.10. The lowest BCUT2D eigenvalue weighted by atomic mass is 10.0. The zero-order valence-electron chi connectivity index (χ0n) is 12.8. The molecule has 0 bridgehead atoms. The third kappa shape index (κ3) is 5.30. The van der Waals surface area contributed by atoms with Crippen LogP contribution in [0.3, 0.4) is 0 Å². The fraction of sp³-hybridized carbons (Fsp3) is 0.562. The van der Waals surface area contributed by atoms with Gasteiger partial charge in [0.1, 0.15) is 0 Å². The minimum atomic E-state index is -0.0603. The number of carbonyl (C=O) groups excluding carboxylic acids is 1. The second-order valence-corrected chi connectivity index (χ2v) is 5.50. The van der Waals surface area contributed by atoms with Crippen molar-refractivity contribution in [2.45, 2.75) is 38.4 Å². The first kappa shape index (κ1) is 18.0. The second kappa shape index (κ2) is 9.03. The molecule has 0 spiro atoms. The number of nitrogens with one attached hydrogen (secondary N) is 2. The zero-order chi connectivity index (χ0) is 14.4. The first-order chi connectivity index (χ1) is 9.70. The molecule has 1 amide bonds. The molecule has 1 aliphatic heterocycles. The fourth-order valence-electron chi connectivity index (χ4n) is 2.69. The van der Waals surface area contributed by atoms with Crippen LogP contribution in [0.1, 0.15) is 25.3 Å². The van der Waals surface area contributed by atoms with Gasteiger partial charge < -0.3 is 10.6 Å². The van der Waals surface area contributed by atoms with Crippen molar-refractivity contribution < 1.29 is 4.79 Å². The molecule has 2 rings (SSSR count). The minimum absolute atomic E-state index is 0. The van der Waals surface area contributed by atoms with Crippen molar-refractivity contribution in [1.29, 1.82) is 0 Å². The highest BCUT2D eigenvalue weighted by Crippen LogP contribution is 2.13. The third-order valence-corrected chi connectivity index (χ3v) is 4.10. The van der Waals surface area contributed by atoms with Gasteiger partial charge in [-0.1, -0.05) is 30.3 Å². The second-order valence-electron chi connectivity index (χ2n) is 5.50. The Hall–Kier alpha value is -1.10. The van der Waals surface area contributed by atoms with Gasteiger partial charge in [0.2, 0.25) is 5.91 Å². The monoisotopic (exact) mass is 311 g/mol. The molecule has 4 nitrogen and oxygen atoms in total. The molecule has 1 fully saturated rings. The Labute approximate surface area is 133 Å². The average Bonchev–Trinajstić information content (AvgIpc) is 2.53. The van der Waals surface area contributed by atoms with Crippen molar-refractivity contribution >= 4 is 18.3 Å². The number of hydrogen-bond acceptors (Lipinski definition) is 3. The minimum Gasteiger partial charge on any atom is -0.351 e. The van der Waals surface area contributed by atoms with E-state index in [1.807, 2.05) is 44.3 Å². The van der Waals surface area contributed by atoms with E-state index in [0.717, 1.165) is 25.1 Å². The molecular weight excluding hydrogens is 286 g/mol. The van der Waals surface area contributed by atoms with E-state index in [4.69, 9.17) is 0 Å². The van der Waals surface area contributed by atoms with E-state index in [1.54, 1.807) is 0 Å². The number of likely N-dealkylation sites (tertiary alicyclic amines) is 1. The van der Waals surface area contributed by atoms with Gasteiger partial charge in [-0.2, -0.15) is 0 Å². The van der Waals surface area contributed by atoms with Crippen LogP contribution in [-0.2, 0) is 11.3 Å². The van der Waals surface area contributed by atoms with Gasteiger partial charge in [0.25, 0.3) is 0 Å². The Kier molecular flexibility index (Phi) is 7.72. The SMILES string of the molecule is CNC1CCCN(C(C)C(=O)NCc2ccccc2)C1.Cl. The molecule has 1 heterocycles. The Morgan fingerprint density at radius 2 is 2.10 bits per heavy atom. The molecule has 0 radical (unpaired) electrons. The highest BCUT2D eigenvalue weighted by molar-refractivity contribution is 5.85. The van der Waals surface area contributed by atoms with Crippen LogP contribution in [0.2, 0.25) is 0 Å². The number of carbonyl (C=O) groups is 1. The number of benzene rings is 1. The summed E-state index contributed by atoms with van der Waals surface area (Å²) in [4.78, 5) is 14.5. The lowest BCUT2D eigenvalue weighted by molar-refractivity contribution is -0.126. The zero-order valence-corrected chi connectivity index (χ0v) is 13.7. The Morgan fingerprint density at radius 3 is 2.76 bits per heavy atom. The summed E-state index contributed by atoms with van der Waals surface area (Å²) < 4.78 is 0. The molecule has 0 aliphatic carbocycles. The van der Waals surface area contributed by atoms with Crippen molar-refractivity contribution in [3.8, 4) is 0 Å². The molecule has 0 saturated carbocycles. The van der Waals surface area contributed by atoms with Crippen LogP contribution in [0.5, 0.6) is 0 Å². The highest BCUT2D eigenvalue weighted by atomic mass is 35.5. The molecule has 1 aliphatic rings. The predicted molar refractivity (Wildman–Crippen MR) is 88.7 cm³/mol. The van der Waals surface area contributed by atoms with Crippen molar-refractivity contribution in [2.24, 2.45) is 0 Å². The van der Waals surface area contributed by atoms with Crippen molar-refractivity contribution in [1.82, 2.24) is 15.5 Å². The molecule has 118 valence electrons. The van der Waals surface area contributed by atoms with Gasteiger partial charge in [-0.25, -0.2) is 0 Å². The summed E-state index contributed by atoms with van der Waals surface area (Å²) >= 11 is 0. The number of likely N-dealkylation sites (N-methyl/N-ethyl adjacent to an activating group) is 1. The topological polar surface area (TPSA) is 44.4 Å². The van der Waals surface area contributed by atoms with Crippen molar-refractivity contribution in [3.63, 3.8) is 0 Å². The maximum Gasteiger partial charge on any atom is 0.237 e. The standard InChI is InChI=1S/C16H25N3O.ClH/c1-13(19-10-6-9-15(12-19)17-2)16(20)18-11-14-7-4-3-5-8-14;/h3-5,7-8,13,15,17H,6,9-12H2,1-2H3,(H,18,20);1H. The number of amides is 1. The van der Waals surface area contributed by atoms with E-state index in [1.165, 1.54) is 6.42 Å². The van der Waals surface area contributed by atoms with E-state index >= 15 is 0 Å². The van der Waals surface area contributed by atoms with Crippen LogP contribution >= 0.6 is 12.4 Å². The first-order valence-electron chi connectivity index (χ1n) is 7.43. The largest absolute Gasteiger partial charge is 0.351 e. The van der Waals surface area contributed by atoms with Crippen molar-refractivity contribution in [2.75, 3.05) is 20.1 Å². The molecule has 5 heteroatoms. The lowest BCUT2D eigenvalue weighted by Gasteiger charge is -2.35. The predicted octanol–water partition coefficient (Wildman–Crippen LogP) is 1.80. The van der Waals surface area contributed by atoms with E-state index < -0.39 is 0 Å². The van der Waals surface area contributed by atoms with Gasteiger partial charge in [0.15, 0.2) is 0 Å². The summed E-state index contributed by atoms with van der Waals surface area (Å²) in [5.41, 5.74) is 1.14. The maximum atomic E-state index is 12.2. The molecule has 21 heavy (non-hydrogen) atoms. The van der Waals surface area contributed by atoms with Gasteiger partial charge in [-0.15, -0.1) is 12.4 Å². The normalized spacial score (nSPS) is 20.4. The van der Waals surface area contributed by atoms with Crippen LogP contribution in [0.25, 0.3) is 0 Å². The fourth-order valence-corrected chi connectivity index (χ4v) is 2.69. The van der Waals surface area contributed by atoms with Gasteiger partial charge in [-0.05, 0) is 38.9 Å². The number of hydrogen-bond donors (Lipinski definition) is 2. The number of piperidine rings is 1. The molecule has 1 aromatic rings. The molecule has 1 saturated heterocycles. The molecule has 2 unspecified atom stereocenters. The van der Waals surface area contributed by atoms with Gasteiger partial charge in [0, 0.05) is 19.1 Å².